The summed E-state index contributed by atoms with van der Waals surface area (Å²) in [6.07, 6.45) is -0.590. The Bertz CT molecular complexity index is 499. The normalized spacial score (nSPS) is 15.7. The SMILES string of the molecule is [B]CC(=O)c1cc(OC)cc(S(F)(F)(F)(F)F)c1. The van der Waals surface area contributed by atoms with Crippen molar-refractivity contribution in [3.05, 3.63) is 23.8 Å². The minimum atomic E-state index is -9.85. The van der Waals surface area contributed by atoms with E-state index in [4.69, 9.17) is 7.85 Å². The molecule has 0 atom stereocenters. The molecule has 0 aromatic heterocycles. The van der Waals surface area contributed by atoms with Gasteiger partial charge in [-0.25, -0.2) is 0 Å². The van der Waals surface area contributed by atoms with Gasteiger partial charge in [-0.3, -0.25) is 4.79 Å². The standard InChI is InChI=1S/C9H8BF5O2S/c1-17-7-2-6(9(16)5-10)3-8(4-7)18(11,12,13,14)15/h2-4H,5H2,1H3. The fourth-order valence-electron chi connectivity index (χ4n) is 1.19. The van der Waals surface area contributed by atoms with Crippen LogP contribution in [0.5, 0.6) is 5.75 Å². The summed E-state index contributed by atoms with van der Waals surface area (Å²) in [5.74, 6) is -1.38. The highest BCUT2D eigenvalue weighted by molar-refractivity contribution is 8.45. The van der Waals surface area contributed by atoms with Crippen molar-refractivity contribution in [2.75, 3.05) is 7.11 Å². The van der Waals surface area contributed by atoms with Crippen molar-refractivity contribution in [3.63, 3.8) is 0 Å². The summed E-state index contributed by atoms with van der Waals surface area (Å²) in [6, 6.07) is 1.15. The van der Waals surface area contributed by atoms with Gasteiger partial charge in [-0.15, -0.1) is 0 Å². The number of Topliss-reactive ketones (excluding diaryl/α,β-unsaturated/α-hetero) is 1. The number of hydrogen-bond acceptors (Lipinski definition) is 2. The molecule has 0 bridgehead atoms. The predicted molar refractivity (Wildman–Crippen MR) is 59.3 cm³/mol. The van der Waals surface area contributed by atoms with Crippen LogP contribution in [0.25, 0.3) is 0 Å². The van der Waals surface area contributed by atoms with Crippen LogP contribution in [-0.2, 0) is 0 Å². The maximum atomic E-state index is 12.6. The summed E-state index contributed by atoms with van der Waals surface area (Å²) in [5, 5.41) is 0. The lowest BCUT2D eigenvalue weighted by Gasteiger charge is -2.40. The quantitative estimate of drug-likeness (QED) is 0.472. The van der Waals surface area contributed by atoms with E-state index in [-0.39, 0.29) is 12.1 Å². The Morgan fingerprint density at radius 2 is 1.78 bits per heavy atom. The van der Waals surface area contributed by atoms with Gasteiger partial charge < -0.3 is 4.74 Å². The van der Waals surface area contributed by atoms with Gasteiger partial charge in [0.15, 0.2) is 5.78 Å². The Morgan fingerprint density at radius 1 is 1.22 bits per heavy atom. The highest BCUT2D eigenvalue weighted by Gasteiger charge is 2.65. The number of hydrogen-bond donors (Lipinski definition) is 0. The molecule has 9 heteroatoms. The van der Waals surface area contributed by atoms with Crippen LogP contribution < -0.4 is 4.74 Å². The van der Waals surface area contributed by atoms with Crippen LogP contribution in [0.1, 0.15) is 10.4 Å². The van der Waals surface area contributed by atoms with Crippen molar-refractivity contribution < 1.29 is 29.0 Å². The molecule has 0 aliphatic carbocycles. The second-order valence-corrected chi connectivity index (χ2v) is 5.90. The summed E-state index contributed by atoms with van der Waals surface area (Å²) in [4.78, 5) is 9.01. The lowest BCUT2D eigenvalue weighted by atomic mass is 9.96. The van der Waals surface area contributed by atoms with Crippen LogP contribution in [0.3, 0.4) is 0 Å². The van der Waals surface area contributed by atoms with Crippen LogP contribution >= 0.6 is 10.2 Å². The van der Waals surface area contributed by atoms with Gasteiger partial charge in [-0.1, -0.05) is 19.4 Å². The fourth-order valence-corrected chi connectivity index (χ4v) is 1.88. The number of halogens is 5. The molecule has 1 rings (SSSR count). The molecule has 0 aliphatic heterocycles. The van der Waals surface area contributed by atoms with Gasteiger partial charge in [-0.05, 0) is 18.5 Å². The molecular formula is C9H8BF5O2S. The molecule has 2 nitrogen and oxygen atoms in total. The molecule has 0 spiro atoms. The molecule has 0 fully saturated rings. The molecule has 1 aromatic rings. The van der Waals surface area contributed by atoms with Crippen molar-refractivity contribution in [2.24, 2.45) is 0 Å². The minimum Gasteiger partial charge on any atom is -0.497 e. The predicted octanol–water partition coefficient (Wildman–Crippen LogP) is 4.12. The second-order valence-electron chi connectivity index (χ2n) is 3.49. The monoisotopic (exact) mass is 286 g/mol. The second kappa shape index (κ2) is 3.63. The summed E-state index contributed by atoms with van der Waals surface area (Å²) < 4.78 is 67.5. The van der Waals surface area contributed by atoms with Crippen molar-refractivity contribution in [1.29, 1.82) is 0 Å². The third-order valence-corrected chi connectivity index (χ3v) is 3.20. The van der Waals surface area contributed by atoms with E-state index in [0.717, 1.165) is 13.2 Å². The van der Waals surface area contributed by atoms with Crippen molar-refractivity contribution in [3.8, 4) is 5.75 Å². The summed E-state index contributed by atoms with van der Waals surface area (Å²) in [5.41, 5.74) is -0.569. The van der Waals surface area contributed by atoms with Crippen molar-refractivity contribution in [2.45, 2.75) is 11.2 Å². The van der Waals surface area contributed by atoms with Gasteiger partial charge in [0.2, 0.25) is 0 Å². The molecule has 0 aliphatic rings. The van der Waals surface area contributed by atoms with E-state index in [1.807, 2.05) is 0 Å². The maximum Gasteiger partial charge on any atom is 0.310 e. The first-order chi connectivity index (χ1) is 7.87. The lowest BCUT2D eigenvalue weighted by molar-refractivity contribution is 0.101. The number of benzene rings is 1. The van der Waals surface area contributed by atoms with E-state index >= 15 is 0 Å². The Labute approximate surface area is 101 Å². The molecule has 0 unspecified atom stereocenters. The summed E-state index contributed by atoms with van der Waals surface area (Å²) >= 11 is 0. The van der Waals surface area contributed by atoms with Gasteiger partial charge in [-0.2, -0.15) is 0 Å². The molecule has 0 saturated carbocycles. The number of ether oxygens (including phenoxy) is 1. The van der Waals surface area contributed by atoms with E-state index in [2.05, 4.69) is 4.74 Å². The molecule has 0 saturated heterocycles. The van der Waals surface area contributed by atoms with Crippen LogP contribution in [0.15, 0.2) is 23.1 Å². The van der Waals surface area contributed by atoms with Gasteiger partial charge in [0.05, 0.1) is 15.0 Å². The summed E-state index contributed by atoms with van der Waals surface area (Å²) in [6.45, 7) is 0. The highest BCUT2D eigenvalue weighted by atomic mass is 32.5. The van der Waals surface area contributed by atoms with Crippen LogP contribution in [0, 0.1) is 0 Å². The molecule has 1 aromatic carbocycles. The highest BCUT2D eigenvalue weighted by Crippen LogP contribution is 3.02. The first-order valence-electron chi connectivity index (χ1n) is 4.54. The number of ketones is 1. The molecule has 2 radical (unpaired) electrons. The summed E-state index contributed by atoms with van der Waals surface area (Å²) in [7, 11) is -3.88. The fraction of sp³-hybridized carbons (Fsp3) is 0.222. The average Bonchev–Trinajstić information content (AvgIpc) is 2.24. The van der Waals surface area contributed by atoms with Gasteiger partial charge in [0.25, 0.3) is 0 Å². The van der Waals surface area contributed by atoms with Gasteiger partial charge in [0, 0.05) is 11.6 Å². The largest absolute Gasteiger partial charge is 0.497 e. The third kappa shape index (κ3) is 3.38. The number of carbonyl (C=O) groups is 1. The minimum absolute atomic E-state index is 0.0826. The maximum absolute atomic E-state index is 12.6. The average molecular weight is 286 g/mol. The van der Waals surface area contributed by atoms with Crippen molar-refractivity contribution in [1.82, 2.24) is 0 Å². The lowest BCUT2D eigenvalue weighted by Crippen LogP contribution is -2.08. The van der Waals surface area contributed by atoms with Gasteiger partial charge in [0.1, 0.15) is 10.6 Å². The first kappa shape index (κ1) is 14.8. The van der Waals surface area contributed by atoms with Gasteiger partial charge >= 0.3 is 10.2 Å². The zero-order chi connectivity index (χ0) is 14.3. The van der Waals surface area contributed by atoms with Crippen LogP contribution in [0.2, 0.25) is 6.32 Å². The Morgan fingerprint density at radius 3 is 2.17 bits per heavy atom. The van der Waals surface area contributed by atoms with Crippen molar-refractivity contribution >= 4 is 23.9 Å². The zero-order valence-electron chi connectivity index (χ0n) is 9.13. The molecule has 0 amide bonds. The Kier molecular flexibility index (Phi) is 2.98. The molecule has 0 N–H and O–H groups in total. The first-order valence-corrected chi connectivity index (χ1v) is 6.49. The molecular weight excluding hydrogens is 278 g/mol. The molecule has 100 valence electrons. The van der Waals surface area contributed by atoms with E-state index < -0.39 is 38.5 Å². The Balaban J connectivity index is 3.54. The van der Waals surface area contributed by atoms with E-state index in [1.165, 1.54) is 0 Å². The number of methoxy groups -OCH3 is 1. The Hall–Kier alpha value is -1.25. The number of carbonyl (C=O) groups excluding carboxylic acids is 1. The smallest absolute Gasteiger partial charge is 0.310 e. The number of rotatable bonds is 4. The zero-order valence-corrected chi connectivity index (χ0v) is 9.95. The van der Waals surface area contributed by atoms with E-state index in [0.29, 0.717) is 0 Å². The van der Waals surface area contributed by atoms with Crippen LogP contribution in [0.4, 0.5) is 19.4 Å². The molecule has 18 heavy (non-hydrogen) atoms. The van der Waals surface area contributed by atoms with Crippen LogP contribution in [-0.4, -0.2) is 20.7 Å². The third-order valence-electron chi connectivity index (χ3n) is 2.07. The topological polar surface area (TPSA) is 26.3 Å². The van der Waals surface area contributed by atoms with E-state index in [1.54, 1.807) is 0 Å². The molecule has 0 heterocycles. The van der Waals surface area contributed by atoms with E-state index in [9.17, 15) is 24.2 Å².